The Labute approximate surface area is 200 Å². The van der Waals surface area contributed by atoms with Gasteiger partial charge in [-0.3, -0.25) is 0 Å². The molecule has 1 heterocycles. The van der Waals surface area contributed by atoms with Gasteiger partial charge in [-0.1, -0.05) is 114 Å². The molecular weight excluding hydrogens is 422 g/mol. The monoisotopic (exact) mass is 449 g/mol. The molecule has 4 heteroatoms. The molecule has 4 aromatic rings. The first-order valence-corrected chi connectivity index (χ1v) is 11.8. The predicted molar refractivity (Wildman–Crippen MR) is 142 cm³/mol. The zero-order valence-electron chi connectivity index (χ0n) is 18.8. The molecule has 0 saturated heterocycles. The number of hydrogen-bond acceptors (Lipinski definition) is 3. The molecular formula is C29H27N3S. The quantitative estimate of drug-likeness (QED) is 0.158. The van der Waals surface area contributed by atoms with Gasteiger partial charge in [0.15, 0.2) is 0 Å². The van der Waals surface area contributed by atoms with Gasteiger partial charge >= 0.3 is 0 Å². The highest BCUT2D eigenvalue weighted by molar-refractivity contribution is 7.19. The van der Waals surface area contributed by atoms with Gasteiger partial charge in [0.2, 0.25) is 0 Å². The molecule has 0 aliphatic carbocycles. The minimum atomic E-state index is 0.670. The zero-order valence-corrected chi connectivity index (χ0v) is 19.6. The Morgan fingerprint density at radius 3 is 2.00 bits per heavy atom. The summed E-state index contributed by atoms with van der Waals surface area (Å²) in [4.78, 5) is 12.4. The van der Waals surface area contributed by atoms with E-state index in [0.29, 0.717) is 13.1 Å². The minimum absolute atomic E-state index is 0.670. The minimum Gasteiger partial charge on any atom is -0.349 e. The number of hydrogen-bond donors (Lipinski definition) is 0. The van der Waals surface area contributed by atoms with Crippen LogP contribution in [0.3, 0.4) is 0 Å². The van der Waals surface area contributed by atoms with Crippen molar-refractivity contribution in [1.82, 2.24) is 9.88 Å². The lowest BCUT2D eigenvalue weighted by Gasteiger charge is -2.24. The van der Waals surface area contributed by atoms with Gasteiger partial charge in [0.05, 0.1) is 0 Å². The van der Waals surface area contributed by atoms with E-state index in [4.69, 9.17) is 9.98 Å². The number of aromatic nitrogens is 1. The Morgan fingerprint density at radius 2 is 1.42 bits per heavy atom. The summed E-state index contributed by atoms with van der Waals surface area (Å²) in [6, 6.07) is 29.0. The summed E-state index contributed by atoms with van der Waals surface area (Å²) >= 11 is 1.61. The summed E-state index contributed by atoms with van der Waals surface area (Å²) in [5, 5.41) is 1.84. The van der Waals surface area contributed by atoms with Crippen molar-refractivity contribution in [3.63, 3.8) is 0 Å². The van der Waals surface area contributed by atoms with E-state index in [0.717, 1.165) is 38.2 Å². The van der Waals surface area contributed by atoms with Crippen LogP contribution >= 0.6 is 11.3 Å². The van der Waals surface area contributed by atoms with E-state index in [9.17, 15) is 0 Å². The maximum Gasteiger partial charge on any atom is 0.146 e. The molecule has 0 saturated carbocycles. The molecule has 0 amide bonds. The van der Waals surface area contributed by atoms with Crippen molar-refractivity contribution in [2.24, 2.45) is 4.99 Å². The molecule has 3 aromatic carbocycles. The van der Waals surface area contributed by atoms with E-state index in [2.05, 4.69) is 73.5 Å². The Hall–Kier alpha value is -3.76. The maximum absolute atomic E-state index is 5.22. The lowest BCUT2D eigenvalue weighted by molar-refractivity contribution is 0.515. The molecule has 0 fully saturated rings. The molecule has 0 spiro atoms. The van der Waals surface area contributed by atoms with Crippen molar-refractivity contribution < 1.29 is 0 Å². The van der Waals surface area contributed by atoms with Gasteiger partial charge in [-0.15, -0.1) is 13.2 Å². The third-order valence-electron chi connectivity index (χ3n) is 5.19. The van der Waals surface area contributed by atoms with Gasteiger partial charge in [0.25, 0.3) is 0 Å². The third-order valence-corrected chi connectivity index (χ3v) is 6.19. The highest BCUT2D eigenvalue weighted by Gasteiger charge is 2.18. The van der Waals surface area contributed by atoms with Crippen LogP contribution in [0, 0.1) is 6.92 Å². The molecule has 3 nitrogen and oxygen atoms in total. The average molecular weight is 450 g/mol. The fourth-order valence-corrected chi connectivity index (χ4v) is 4.52. The van der Waals surface area contributed by atoms with E-state index >= 15 is 0 Å². The van der Waals surface area contributed by atoms with Crippen LogP contribution in [-0.4, -0.2) is 28.8 Å². The first kappa shape index (κ1) is 22.4. The van der Waals surface area contributed by atoms with E-state index in [1.54, 1.807) is 11.3 Å². The highest BCUT2D eigenvalue weighted by atomic mass is 32.1. The van der Waals surface area contributed by atoms with Crippen molar-refractivity contribution in [2.45, 2.75) is 6.92 Å². The largest absolute Gasteiger partial charge is 0.349 e. The van der Waals surface area contributed by atoms with Gasteiger partial charge in [0.1, 0.15) is 21.5 Å². The van der Waals surface area contributed by atoms with Crippen LogP contribution in [0.5, 0.6) is 0 Å². The SMILES string of the molecule is C=CCN(CC=C)C(=Nc1sc(-c2ccccc2)nc1-c1ccccc1)c1ccc(C)cc1. The van der Waals surface area contributed by atoms with Gasteiger partial charge in [-0.25, -0.2) is 9.98 Å². The number of nitrogens with zero attached hydrogens (tertiary/aromatic N) is 3. The lowest BCUT2D eigenvalue weighted by atomic mass is 10.1. The topological polar surface area (TPSA) is 28.5 Å². The number of aryl methyl sites for hydroxylation is 1. The van der Waals surface area contributed by atoms with E-state index in [1.807, 2.05) is 48.6 Å². The summed E-state index contributed by atoms with van der Waals surface area (Å²) in [5.74, 6) is 0.884. The summed E-state index contributed by atoms with van der Waals surface area (Å²) in [6.07, 6.45) is 3.79. The molecule has 1 aromatic heterocycles. The maximum atomic E-state index is 5.22. The molecule has 0 radical (unpaired) electrons. The van der Waals surface area contributed by atoms with Crippen molar-refractivity contribution >= 4 is 22.2 Å². The van der Waals surface area contributed by atoms with E-state index in [-0.39, 0.29) is 0 Å². The van der Waals surface area contributed by atoms with Crippen LogP contribution in [-0.2, 0) is 0 Å². The molecule has 0 bridgehead atoms. The fourth-order valence-electron chi connectivity index (χ4n) is 3.55. The van der Waals surface area contributed by atoms with Crippen molar-refractivity contribution in [3.05, 3.63) is 121 Å². The van der Waals surface area contributed by atoms with Crippen molar-refractivity contribution in [1.29, 1.82) is 0 Å². The molecule has 0 N–H and O–H groups in total. The lowest BCUT2D eigenvalue weighted by Crippen LogP contribution is -2.32. The molecule has 0 aliphatic heterocycles. The summed E-state index contributed by atoms with van der Waals surface area (Å²) in [5.41, 5.74) is 5.30. The number of benzene rings is 3. The van der Waals surface area contributed by atoms with Crippen LogP contribution in [0.15, 0.2) is 115 Å². The number of amidine groups is 1. The van der Waals surface area contributed by atoms with Crippen molar-refractivity contribution in [2.75, 3.05) is 13.1 Å². The average Bonchev–Trinajstić information content (AvgIpc) is 3.28. The van der Waals surface area contributed by atoms with Gasteiger partial charge < -0.3 is 4.90 Å². The third kappa shape index (κ3) is 5.36. The first-order chi connectivity index (χ1) is 16.2. The number of aliphatic imine (C=N–C) groups is 1. The molecule has 0 atom stereocenters. The highest BCUT2D eigenvalue weighted by Crippen LogP contribution is 2.40. The Morgan fingerprint density at radius 1 is 0.848 bits per heavy atom. The Bertz CT molecular complexity index is 1230. The van der Waals surface area contributed by atoms with E-state index < -0.39 is 0 Å². The van der Waals surface area contributed by atoms with Gasteiger partial charge in [-0.2, -0.15) is 0 Å². The molecule has 4 rings (SSSR count). The standard InChI is InChI=1S/C29H27N3S/c1-4-20-32(21-5-2)27(24-18-16-22(3)17-19-24)31-29-26(23-12-8-6-9-13-23)30-28(33-29)25-14-10-7-11-15-25/h4-19H,1-2,20-21H2,3H3. The van der Waals surface area contributed by atoms with Crippen LogP contribution in [0.1, 0.15) is 11.1 Å². The van der Waals surface area contributed by atoms with Crippen LogP contribution in [0.25, 0.3) is 21.8 Å². The zero-order chi connectivity index (χ0) is 23.0. The Kier molecular flexibility index (Phi) is 7.28. The molecule has 0 unspecified atom stereocenters. The summed E-state index contributed by atoms with van der Waals surface area (Å²) < 4.78 is 0. The molecule has 0 aliphatic rings. The second kappa shape index (κ2) is 10.7. The summed E-state index contributed by atoms with van der Waals surface area (Å²) in [7, 11) is 0. The van der Waals surface area contributed by atoms with Gasteiger partial charge in [-0.05, 0) is 6.92 Å². The van der Waals surface area contributed by atoms with Crippen LogP contribution < -0.4 is 0 Å². The number of rotatable bonds is 8. The second-order valence-electron chi connectivity index (χ2n) is 7.69. The van der Waals surface area contributed by atoms with E-state index in [1.165, 1.54) is 5.56 Å². The van der Waals surface area contributed by atoms with Crippen molar-refractivity contribution in [3.8, 4) is 21.8 Å². The molecule has 164 valence electrons. The first-order valence-electron chi connectivity index (χ1n) is 10.9. The fraction of sp³-hybridized carbons (Fsp3) is 0.103. The predicted octanol–water partition coefficient (Wildman–Crippen LogP) is 7.54. The normalized spacial score (nSPS) is 11.2. The van der Waals surface area contributed by atoms with Crippen LogP contribution in [0.2, 0.25) is 0 Å². The van der Waals surface area contributed by atoms with Gasteiger partial charge in [0, 0.05) is 29.8 Å². The smallest absolute Gasteiger partial charge is 0.146 e. The number of thiazole rings is 1. The van der Waals surface area contributed by atoms with Crippen LogP contribution in [0.4, 0.5) is 5.00 Å². The molecule has 33 heavy (non-hydrogen) atoms. The second-order valence-corrected chi connectivity index (χ2v) is 8.67. The summed E-state index contributed by atoms with van der Waals surface area (Å²) in [6.45, 7) is 11.3. The Balaban J connectivity index is 1.91.